The molecule has 46 heavy (non-hydrogen) atoms. The first-order valence-corrected chi connectivity index (χ1v) is 14.6. The van der Waals surface area contributed by atoms with Gasteiger partial charge in [0.1, 0.15) is 11.4 Å². The van der Waals surface area contributed by atoms with Gasteiger partial charge in [-0.2, -0.15) is 13.2 Å². The Morgan fingerprint density at radius 3 is 2.63 bits per heavy atom. The first kappa shape index (κ1) is 32.5. The number of hydrogen-bond donors (Lipinski definition) is 3. The lowest BCUT2D eigenvalue weighted by Crippen LogP contribution is -2.30. The van der Waals surface area contributed by atoms with Gasteiger partial charge >= 0.3 is 6.18 Å². The first-order valence-electron chi connectivity index (χ1n) is 14.3. The smallest absolute Gasteiger partial charge is 0.432 e. The highest BCUT2D eigenvalue weighted by molar-refractivity contribution is 6.31. The molecule has 0 fully saturated rings. The van der Waals surface area contributed by atoms with Crippen molar-refractivity contribution in [1.29, 1.82) is 0 Å². The summed E-state index contributed by atoms with van der Waals surface area (Å²) in [6, 6.07) is 14.4. The number of nitrogens with zero attached hydrogens (tertiary/aromatic N) is 4. The maximum Gasteiger partial charge on any atom is 0.432 e. The number of ether oxygens (including phenoxy) is 1. The van der Waals surface area contributed by atoms with Crippen LogP contribution in [-0.2, 0) is 4.79 Å². The van der Waals surface area contributed by atoms with Crippen molar-refractivity contribution in [3.05, 3.63) is 100.0 Å². The van der Waals surface area contributed by atoms with Gasteiger partial charge in [-0.1, -0.05) is 43.1 Å². The summed E-state index contributed by atoms with van der Waals surface area (Å²) in [6.45, 7) is 1.84. The molecule has 14 heteroatoms. The minimum Gasteiger partial charge on any atom is -0.495 e. The van der Waals surface area contributed by atoms with Crippen molar-refractivity contribution < 1.29 is 22.7 Å². The minimum absolute atomic E-state index is 0.0926. The summed E-state index contributed by atoms with van der Waals surface area (Å²) in [5, 5.41) is 3.95. The molecule has 5 rings (SSSR count). The predicted molar refractivity (Wildman–Crippen MR) is 170 cm³/mol. The van der Waals surface area contributed by atoms with E-state index in [0.717, 1.165) is 11.1 Å². The number of hydrogen-bond acceptors (Lipinski definition) is 8. The normalized spacial score (nSPS) is 17.3. The second kappa shape index (κ2) is 13.2. The van der Waals surface area contributed by atoms with Gasteiger partial charge in [0.2, 0.25) is 5.91 Å². The molecule has 2 aromatic carbocycles. The molecule has 1 aliphatic rings. The molecule has 2 bridgehead atoms. The number of pyridine rings is 1. The van der Waals surface area contributed by atoms with Crippen LogP contribution in [0.4, 0.5) is 24.5 Å². The number of fused-ring (bicyclic) bond motifs is 4. The Hall–Kier alpha value is -4.88. The quantitative estimate of drug-likeness (QED) is 0.175. The molecule has 0 aliphatic carbocycles. The summed E-state index contributed by atoms with van der Waals surface area (Å²) in [4.78, 5) is 35.8. The minimum atomic E-state index is -4.79. The number of allylic oxidation sites excluding steroid dienone is 1. The third-order valence-corrected chi connectivity index (χ3v) is 7.99. The Balaban J connectivity index is 1.57. The molecule has 5 N–H and O–H groups in total. The number of benzene rings is 2. The van der Waals surface area contributed by atoms with Gasteiger partial charge in [0.25, 0.3) is 5.56 Å². The zero-order valence-corrected chi connectivity index (χ0v) is 25.6. The fraction of sp³-hybridized carbons (Fsp3) is 0.250. The third-order valence-electron chi connectivity index (χ3n) is 7.75. The average Bonchev–Trinajstić information content (AvgIpc) is 3.02. The van der Waals surface area contributed by atoms with Crippen molar-refractivity contribution in [3.8, 4) is 28.3 Å². The number of aromatic nitrogens is 3. The number of carbonyl (C=O) groups excluding carboxylic acids is 1. The van der Waals surface area contributed by atoms with Crippen molar-refractivity contribution in [2.75, 3.05) is 17.4 Å². The van der Waals surface area contributed by atoms with E-state index in [0.29, 0.717) is 47.6 Å². The Morgan fingerprint density at radius 2 is 1.91 bits per heavy atom. The summed E-state index contributed by atoms with van der Waals surface area (Å²) in [5.41, 5.74) is 6.40. The van der Waals surface area contributed by atoms with Crippen LogP contribution in [0.15, 0.2) is 83.8 Å². The van der Waals surface area contributed by atoms with Crippen LogP contribution < -0.4 is 32.2 Å². The van der Waals surface area contributed by atoms with Crippen molar-refractivity contribution in [2.45, 2.75) is 38.4 Å². The van der Waals surface area contributed by atoms with E-state index >= 15 is 0 Å². The molecule has 4 aromatic rings. The number of anilines is 2. The highest BCUT2D eigenvalue weighted by atomic mass is 35.5. The van der Waals surface area contributed by atoms with E-state index < -0.39 is 23.5 Å². The van der Waals surface area contributed by atoms with Gasteiger partial charge in [-0.25, -0.2) is 10.8 Å². The van der Waals surface area contributed by atoms with E-state index in [1.54, 1.807) is 12.3 Å². The molecule has 3 heterocycles. The Kier molecular flexibility index (Phi) is 9.35. The van der Waals surface area contributed by atoms with Crippen LogP contribution in [0.5, 0.6) is 5.75 Å². The second-order valence-corrected chi connectivity index (χ2v) is 11.3. The molecule has 2 unspecified atom stereocenters. The maximum absolute atomic E-state index is 13.7. The predicted octanol–water partition coefficient (Wildman–Crippen LogP) is 6.02. The topological polar surface area (TPSA) is 141 Å². The zero-order chi connectivity index (χ0) is 33.2. The standard InChI is InChI=1S/C32H31ClF3N7O3/c1-18-5-3-8-26(19-6-4-7-20(11-19)30-25(41-31(18)45)13-22(46-2)15-39-30)42-17-40-24(14-29(42)44)23-12-21(33)9-10-27(23)43(38)16-28(37)32(34,35)36/h4,6-7,9-18,26H,3,5,8,37-38H2,1-2H3,(H,41,45)/b28-16-. The molecular formula is C32H31ClF3N7O3. The highest BCUT2D eigenvalue weighted by Crippen LogP contribution is 2.35. The molecule has 0 saturated carbocycles. The summed E-state index contributed by atoms with van der Waals surface area (Å²) < 4.78 is 46.0. The first-order chi connectivity index (χ1) is 21.8. The van der Waals surface area contributed by atoms with Crippen LogP contribution in [0.3, 0.4) is 0 Å². The van der Waals surface area contributed by atoms with Crippen molar-refractivity contribution in [2.24, 2.45) is 17.5 Å². The van der Waals surface area contributed by atoms with E-state index in [4.69, 9.17) is 27.9 Å². The van der Waals surface area contributed by atoms with Gasteiger partial charge in [0.15, 0.2) is 0 Å². The molecule has 1 aliphatic heterocycles. The summed E-state index contributed by atoms with van der Waals surface area (Å²) in [6.07, 6.45) is 0.398. The number of rotatable bonds is 5. The number of carbonyl (C=O) groups is 1. The summed E-state index contributed by atoms with van der Waals surface area (Å²) >= 11 is 6.21. The van der Waals surface area contributed by atoms with Crippen molar-refractivity contribution in [3.63, 3.8) is 0 Å². The van der Waals surface area contributed by atoms with Crippen LogP contribution in [-0.4, -0.2) is 33.7 Å². The monoisotopic (exact) mass is 653 g/mol. The van der Waals surface area contributed by atoms with E-state index in [1.807, 2.05) is 31.2 Å². The van der Waals surface area contributed by atoms with Gasteiger partial charge in [-0.15, -0.1) is 0 Å². The second-order valence-electron chi connectivity index (χ2n) is 10.9. The Morgan fingerprint density at radius 1 is 1.13 bits per heavy atom. The molecule has 10 nitrogen and oxygen atoms in total. The van der Waals surface area contributed by atoms with Crippen LogP contribution >= 0.6 is 11.6 Å². The molecule has 2 aromatic heterocycles. The van der Waals surface area contributed by atoms with Gasteiger partial charge in [-0.05, 0) is 42.7 Å². The SMILES string of the molecule is COc1cnc2c(c1)NC(=O)C(C)CCCC(n1cnc(-c3cc(Cl)ccc3N(N)/C=C(\N)C(F)(F)F)cc1=O)c1cccc-2c1. The maximum atomic E-state index is 13.7. The van der Waals surface area contributed by atoms with E-state index in [9.17, 15) is 22.8 Å². The van der Waals surface area contributed by atoms with Gasteiger partial charge in [0.05, 0.1) is 48.4 Å². The fourth-order valence-corrected chi connectivity index (χ4v) is 5.44. The largest absolute Gasteiger partial charge is 0.495 e. The lowest BCUT2D eigenvalue weighted by molar-refractivity contribution is -0.119. The van der Waals surface area contributed by atoms with Gasteiger partial charge in [-0.3, -0.25) is 24.1 Å². The van der Waals surface area contributed by atoms with Crippen LogP contribution in [0.2, 0.25) is 5.02 Å². The number of halogens is 4. The number of methoxy groups -OCH3 is 1. The van der Waals surface area contributed by atoms with Gasteiger partial charge in [0, 0.05) is 40.4 Å². The summed E-state index contributed by atoms with van der Waals surface area (Å²) in [5.74, 6) is 5.94. The van der Waals surface area contributed by atoms with E-state index in [-0.39, 0.29) is 33.8 Å². The number of nitrogens with two attached hydrogens (primary N) is 2. The van der Waals surface area contributed by atoms with Crippen LogP contribution in [0.25, 0.3) is 22.5 Å². The van der Waals surface area contributed by atoms with Crippen molar-refractivity contribution in [1.82, 2.24) is 14.5 Å². The molecule has 0 spiro atoms. The molecular weight excluding hydrogens is 623 g/mol. The van der Waals surface area contributed by atoms with Gasteiger partial charge < -0.3 is 15.8 Å². The van der Waals surface area contributed by atoms with E-state index in [2.05, 4.69) is 15.3 Å². The molecule has 2 atom stereocenters. The number of hydrazine groups is 1. The molecule has 0 radical (unpaired) electrons. The van der Waals surface area contributed by atoms with E-state index in [1.165, 1.54) is 42.3 Å². The highest BCUT2D eigenvalue weighted by Gasteiger charge is 2.32. The Labute approximate surface area is 267 Å². The zero-order valence-electron chi connectivity index (χ0n) is 24.9. The lowest BCUT2D eigenvalue weighted by Gasteiger charge is -2.24. The van der Waals surface area contributed by atoms with Crippen LogP contribution in [0, 0.1) is 5.92 Å². The number of nitrogens with one attached hydrogen (secondary N) is 1. The fourth-order valence-electron chi connectivity index (χ4n) is 5.27. The lowest BCUT2D eigenvalue weighted by atomic mass is 9.94. The number of alkyl halides is 3. The summed E-state index contributed by atoms with van der Waals surface area (Å²) in [7, 11) is 1.52. The Bertz CT molecular complexity index is 1860. The van der Waals surface area contributed by atoms with Crippen LogP contribution in [0.1, 0.15) is 37.8 Å². The number of amides is 1. The molecule has 1 amide bonds. The molecule has 0 saturated heterocycles. The van der Waals surface area contributed by atoms with Crippen molar-refractivity contribution >= 4 is 28.9 Å². The molecule has 240 valence electrons. The average molecular weight is 654 g/mol. The third kappa shape index (κ3) is 7.00.